The molecule has 0 saturated carbocycles. The number of carbonyl (C=O) groups excluding carboxylic acids is 1. The van der Waals surface area contributed by atoms with Crippen LogP contribution in [0, 0.1) is 0 Å². The molecular formula is C9H17NO5. The predicted molar refractivity (Wildman–Crippen MR) is 51.0 cm³/mol. The number of aliphatic hydroxyl groups is 2. The van der Waals surface area contributed by atoms with Gasteiger partial charge in [-0.05, 0) is 0 Å². The van der Waals surface area contributed by atoms with E-state index in [0.29, 0.717) is 6.42 Å². The average Bonchev–Trinajstić information content (AvgIpc) is 2.17. The Morgan fingerprint density at radius 3 is 2.80 bits per heavy atom. The van der Waals surface area contributed by atoms with Gasteiger partial charge in [-0.15, -0.1) is 0 Å². The molecule has 1 aliphatic rings. The minimum absolute atomic E-state index is 0.208. The molecule has 1 heterocycles. The second kappa shape index (κ2) is 5.41. The Morgan fingerprint density at radius 1 is 1.67 bits per heavy atom. The first kappa shape index (κ1) is 12.4. The summed E-state index contributed by atoms with van der Waals surface area (Å²) < 4.78 is 10.3. The number of methoxy groups -OCH3 is 1. The molecule has 15 heavy (non-hydrogen) atoms. The Labute approximate surface area is 88.2 Å². The molecule has 1 fully saturated rings. The molecule has 4 atom stereocenters. The molecule has 0 radical (unpaired) electrons. The Kier molecular flexibility index (Phi) is 4.46. The highest BCUT2D eigenvalue weighted by Crippen LogP contribution is 2.20. The molecule has 6 nitrogen and oxygen atoms in total. The van der Waals surface area contributed by atoms with Gasteiger partial charge in [0.25, 0.3) is 0 Å². The fourth-order valence-electron chi connectivity index (χ4n) is 1.65. The maximum absolute atomic E-state index is 10.9. The zero-order chi connectivity index (χ0) is 11.4. The molecule has 3 N–H and O–H groups in total. The van der Waals surface area contributed by atoms with Gasteiger partial charge in [-0.1, -0.05) is 0 Å². The maximum atomic E-state index is 10.9. The van der Waals surface area contributed by atoms with E-state index in [9.17, 15) is 9.90 Å². The van der Waals surface area contributed by atoms with Crippen LogP contribution in [0.25, 0.3) is 0 Å². The summed E-state index contributed by atoms with van der Waals surface area (Å²) in [5.41, 5.74) is 0. The molecule has 0 aromatic carbocycles. The van der Waals surface area contributed by atoms with Crippen LogP contribution in [0.4, 0.5) is 0 Å². The van der Waals surface area contributed by atoms with Gasteiger partial charge in [-0.3, -0.25) is 4.79 Å². The summed E-state index contributed by atoms with van der Waals surface area (Å²) in [5, 5.41) is 21.1. The smallest absolute Gasteiger partial charge is 0.217 e. The number of hydrogen-bond acceptors (Lipinski definition) is 5. The highest BCUT2D eigenvalue weighted by atomic mass is 16.7. The topological polar surface area (TPSA) is 88.0 Å². The Balaban J connectivity index is 2.60. The lowest BCUT2D eigenvalue weighted by atomic mass is 10.0. The summed E-state index contributed by atoms with van der Waals surface area (Å²) in [5.74, 6) is -0.208. The summed E-state index contributed by atoms with van der Waals surface area (Å²) >= 11 is 0. The van der Waals surface area contributed by atoms with Crippen molar-refractivity contribution in [1.82, 2.24) is 5.32 Å². The fraction of sp³-hybridized carbons (Fsp3) is 0.889. The van der Waals surface area contributed by atoms with E-state index in [0.717, 1.165) is 0 Å². The van der Waals surface area contributed by atoms with Gasteiger partial charge in [0.2, 0.25) is 5.91 Å². The van der Waals surface area contributed by atoms with Gasteiger partial charge < -0.3 is 25.0 Å². The molecule has 6 heteroatoms. The number of amides is 1. The molecule has 1 rings (SSSR count). The van der Waals surface area contributed by atoms with E-state index in [4.69, 9.17) is 14.6 Å². The van der Waals surface area contributed by atoms with Crippen molar-refractivity contribution in [2.24, 2.45) is 0 Å². The minimum atomic E-state index is -0.793. The number of carbonyl (C=O) groups is 1. The van der Waals surface area contributed by atoms with Crippen LogP contribution in [0.3, 0.4) is 0 Å². The number of nitrogens with one attached hydrogen (secondary N) is 1. The predicted octanol–water partition coefficient (Wildman–Crippen LogP) is -1.39. The summed E-state index contributed by atoms with van der Waals surface area (Å²) in [6, 6.07) is -0.384. The summed E-state index contributed by atoms with van der Waals surface area (Å²) in [4.78, 5) is 10.9. The molecule has 0 aliphatic carbocycles. The van der Waals surface area contributed by atoms with Crippen LogP contribution < -0.4 is 5.32 Å². The number of ether oxygens (including phenoxy) is 2. The Hall–Kier alpha value is -0.690. The second-order valence-corrected chi connectivity index (χ2v) is 3.57. The lowest BCUT2D eigenvalue weighted by Crippen LogP contribution is -2.55. The highest BCUT2D eigenvalue weighted by molar-refractivity contribution is 5.73. The molecular weight excluding hydrogens is 202 g/mol. The monoisotopic (exact) mass is 219 g/mol. The zero-order valence-electron chi connectivity index (χ0n) is 8.84. The van der Waals surface area contributed by atoms with E-state index in [1.54, 1.807) is 0 Å². The van der Waals surface area contributed by atoms with Crippen molar-refractivity contribution < 1.29 is 24.5 Å². The lowest BCUT2D eigenvalue weighted by molar-refractivity contribution is -0.232. The van der Waals surface area contributed by atoms with E-state index in [2.05, 4.69) is 5.32 Å². The van der Waals surface area contributed by atoms with Gasteiger partial charge in [-0.2, -0.15) is 0 Å². The van der Waals surface area contributed by atoms with Crippen LogP contribution in [0.1, 0.15) is 13.3 Å². The highest BCUT2D eigenvalue weighted by Gasteiger charge is 2.37. The van der Waals surface area contributed by atoms with E-state index < -0.39 is 18.5 Å². The van der Waals surface area contributed by atoms with Crippen molar-refractivity contribution in [3.05, 3.63) is 0 Å². The molecule has 1 aliphatic heterocycles. The van der Waals surface area contributed by atoms with Crippen molar-refractivity contribution in [2.75, 3.05) is 13.7 Å². The van der Waals surface area contributed by atoms with E-state index in [1.807, 2.05) is 0 Å². The van der Waals surface area contributed by atoms with E-state index >= 15 is 0 Å². The first-order chi connectivity index (χ1) is 7.08. The first-order valence-electron chi connectivity index (χ1n) is 4.82. The molecule has 88 valence electrons. The fourth-order valence-corrected chi connectivity index (χ4v) is 1.65. The van der Waals surface area contributed by atoms with Crippen LogP contribution in [0.2, 0.25) is 0 Å². The maximum Gasteiger partial charge on any atom is 0.217 e. The molecule has 0 spiro atoms. The van der Waals surface area contributed by atoms with E-state index in [1.165, 1.54) is 14.0 Å². The summed E-state index contributed by atoms with van der Waals surface area (Å²) in [6.07, 6.45) is -1.77. The largest absolute Gasteiger partial charge is 0.394 e. The van der Waals surface area contributed by atoms with Crippen LogP contribution >= 0.6 is 0 Å². The van der Waals surface area contributed by atoms with Crippen molar-refractivity contribution in [3.63, 3.8) is 0 Å². The minimum Gasteiger partial charge on any atom is -0.394 e. The van der Waals surface area contributed by atoms with E-state index in [-0.39, 0.29) is 18.6 Å². The molecule has 0 aromatic heterocycles. The van der Waals surface area contributed by atoms with Gasteiger partial charge in [-0.25, -0.2) is 0 Å². The van der Waals surface area contributed by atoms with Crippen molar-refractivity contribution in [2.45, 2.75) is 37.9 Å². The van der Waals surface area contributed by atoms with Crippen molar-refractivity contribution in [1.29, 1.82) is 0 Å². The van der Waals surface area contributed by atoms with Crippen molar-refractivity contribution >= 4 is 5.91 Å². The quantitative estimate of drug-likeness (QED) is 0.543. The molecule has 1 saturated heterocycles. The molecule has 4 unspecified atom stereocenters. The number of hydrogen-bond donors (Lipinski definition) is 3. The second-order valence-electron chi connectivity index (χ2n) is 3.57. The Bertz CT molecular complexity index is 223. The van der Waals surface area contributed by atoms with Crippen LogP contribution in [0.5, 0.6) is 0 Å². The van der Waals surface area contributed by atoms with Crippen LogP contribution in [-0.4, -0.2) is 54.4 Å². The summed E-state index contributed by atoms with van der Waals surface area (Å²) in [7, 11) is 1.45. The molecule has 0 aromatic rings. The van der Waals surface area contributed by atoms with Gasteiger partial charge in [0.05, 0.1) is 18.8 Å². The third-order valence-electron chi connectivity index (χ3n) is 2.36. The number of aliphatic hydroxyl groups excluding tert-OH is 2. The first-order valence-corrected chi connectivity index (χ1v) is 4.82. The zero-order valence-corrected chi connectivity index (χ0v) is 8.84. The van der Waals surface area contributed by atoms with Crippen LogP contribution in [0.15, 0.2) is 0 Å². The molecule has 1 amide bonds. The SMILES string of the molecule is COC1OC(CO)C(O)CC1NC(C)=O. The lowest BCUT2D eigenvalue weighted by Gasteiger charge is -2.38. The third-order valence-corrected chi connectivity index (χ3v) is 2.36. The van der Waals surface area contributed by atoms with Gasteiger partial charge in [0, 0.05) is 20.5 Å². The van der Waals surface area contributed by atoms with Crippen LogP contribution in [-0.2, 0) is 14.3 Å². The number of rotatable bonds is 3. The third kappa shape index (κ3) is 3.13. The normalized spacial score (nSPS) is 36.3. The Morgan fingerprint density at radius 2 is 2.33 bits per heavy atom. The summed E-state index contributed by atoms with van der Waals surface area (Å²) in [6.45, 7) is 1.12. The van der Waals surface area contributed by atoms with Gasteiger partial charge >= 0.3 is 0 Å². The van der Waals surface area contributed by atoms with Gasteiger partial charge in [0.15, 0.2) is 6.29 Å². The van der Waals surface area contributed by atoms with Gasteiger partial charge in [0.1, 0.15) is 6.10 Å². The van der Waals surface area contributed by atoms with Crippen molar-refractivity contribution in [3.8, 4) is 0 Å². The molecule has 0 bridgehead atoms. The standard InChI is InChI=1S/C9H17NO5/c1-5(12)10-6-3-7(13)8(4-11)15-9(6)14-2/h6-9,11,13H,3-4H2,1-2H3,(H,10,12). The average molecular weight is 219 g/mol.